The summed E-state index contributed by atoms with van der Waals surface area (Å²) in [7, 11) is 0. The molecule has 1 aromatic rings. The van der Waals surface area contributed by atoms with Crippen molar-refractivity contribution in [1.82, 2.24) is 5.32 Å². The number of hydrogen-bond donors (Lipinski definition) is 1. The van der Waals surface area contributed by atoms with Crippen LogP contribution in [0.4, 0.5) is 8.78 Å². The van der Waals surface area contributed by atoms with Crippen LogP contribution in [0.15, 0.2) is 18.2 Å². The maximum atomic E-state index is 13.6. The number of hydrogen-bond acceptors (Lipinski definition) is 1. The Hall–Kier alpha value is -0.960. The Bertz CT molecular complexity index is 437. The van der Waals surface area contributed by atoms with Gasteiger partial charge >= 0.3 is 0 Å². The second kappa shape index (κ2) is 5.58. The lowest BCUT2D eigenvalue weighted by molar-refractivity contribution is 0.158. The van der Waals surface area contributed by atoms with Crippen LogP contribution < -0.4 is 5.32 Å². The minimum Gasteiger partial charge on any atom is -0.312 e. The second-order valence-corrected chi connectivity index (χ2v) is 6.67. The summed E-state index contributed by atoms with van der Waals surface area (Å²) in [6.07, 6.45) is 3.08. The highest BCUT2D eigenvalue weighted by Gasteiger charge is 2.31. The van der Waals surface area contributed by atoms with E-state index in [0.29, 0.717) is 17.4 Å². The van der Waals surface area contributed by atoms with Crippen molar-refractivity contribution in [3.63, 3.8) is 0 Å². The smallest absolute Gasteiger partial charge is 0.129 e. The fourth-order valence-electron chi connectivity index (χ4n) is 2.58. The molecule has 1 saturated carbocycles. The molecule has 2 rings (SSSR count). The van der Waals surface area contributed by atoms with Crippen LogP contribution in [-0.2, 0) is 6.42 Å². The third-order valence-electron chi connectivity index (χ3n) is 3.97. The molecule has 1 aliphatic rings. The Morgan fingerprint density at radius 3 is 2.37 bits per heavy atom. The van der Waals surface area contributed by atoms with E-state index in [-0.39, 0.29) is 5.54 Å². The molecular weight excluding hydrogens is 244 g/mol. The average Bonchev–Trinajstić information content (AvgIpc) is 2.24. The van der Waals surface area contributed by atoms with Crippen molar-refractivity contribution in [2.24, 2.45) is 11.8 Å². The van der Waals surface area contributed by atoms with Crippen molar-refractivity contribution in [2.75, 3.05) is 6.54 Å². The Kier molecular flexibility index (Phi) is 4.24. The molecule has 19 heavy (non-hydrogen) atoms. The highest BCUT2D eigenvalue weighted by molar-refractivity contribution is 5.19. The predicted molar refractivity (Wildman–Crippen MR) is 74.0 cm³/mol. The third-order valence-corrected chi connectivity index (χ3v) is 3.97. The van der Waals surface area contributed by atoms with Crippen molar-refractivity contribution < 1.29 is 8.78 Å². The summed E-state index contributed by atoms with van der Waals surface area (Å²) in [6, 6.07) is 3.91. The largest absolute Gasteiger partial charge is 0.312 e. The molecule has 106 valence electrons. The molecule has 0 aromatic heterocycles. The van der Waals surface area contributed by atoms with Crippen LogP contribution in [0.25, 0.3) is 0 Å². The zero-order chi connectivity index (χ0) is 14.0. The fraction of sp³-hybridized carbons (Fsp3) is 0.625. The molecular formula is C16H23F2N. The van der Waals surface area contributed by atoms with Gasteiger partial charge in [-0.05, 0) is 70.0 Å². The summed E-state index contributed by atoms with van der Waals surface area (Å²) in [5.41, 5.74) is 0.771. The zero-order valence-electron chi connectivity index (χ0n) is 12.0. The Balaban J connectivity index is 1.89. The zero-order valence-corrected chi connectivity index (χ0v) is 12.0. The van der Waals surface area contributed by atoms with Crippen molar-refractivity contribution in [1.29, 1.82) is 0 Å². The SMILES string of the molecule is CC(C)(C)NCC1CCC1Cc1ccc(F)cc1F. The summed E-state index contributed by atoms with van der Waals surface area (Å²) in [5, 5.41) is 3.51. The Morgan fingerprint density at radius 2 is 1.84 bits per heavy atom. The van der Waals surface area contributed by atoms with Gasteiger partial charge in [-0.25, -0.2) is 8.78 Å². The molecule has 3 heteroatoms. The molecule has 2 atom stereocenters. The second-order valence-electron chi connectivity index (χ2n) is 6.67. The molecule has 0 aliphatic heterocycles. The molecule has 1 N–H and O–H groups in total. The van der Waals surface area contributed by atoms with Crippen LogP contribution in [0.2, 0.25) is 0 Å². The summed E-state index contributed by atoms with van der Waals surface area (Å²) in [4.78, 5) is 0. The number of rotatable bonds is 4. The van der Waals surface area contributed by atoms with Crippen molar-refractivity contribution >= 4 is 0 Å². The van der Waals surface area contributed by atoms with Gasteiger partial charge in [0.15, 0.2) is 0 Å². The first-order chi connectivity index (χ1) is 8.85. The first-order valence-electron chi connectivity index (χ1n) is 7.04. The van der Waals surface area contributed by atoms with Gasteiger partial charge in [-0.15, -0.1) is 0 Å². The van der Waals surface area contributed by atoms with Gasteiger partial charge in [0.2, 0.25) is 0 Å². The minimum absolute atomic E-state index is 0.126. The van der Waals surface area contributed by atoms with Crippen molar-refractivity contribution in [3.8, 4) is 0 Å². The van der Waals surface area contributed by atoms with E-state index in [4.69, 9.17) is 0 Å². The Morgan fingerprint density at radius 1 is 1.16 bits per heavy atom. The van der Waals surface area contributed by atoms with Gasteiger partial charge in [-0.1, -0.05) is 6.07 Å². The van der Waals surface area contributed by atoms with Gasteiger partial charge in [-0.3, -0.25) is 0 Å². The highest BCUT2D eigenvalue weighted by atomic mass is 19.1. The Labute approximate surface area is 114 Å². The minimum atomic E-state index is -0.499. The van der Waals surface area contributed by atoms with Gasteiger partial charge in [0.1, 0.15) is 11.6 Å². The van der Waals surface area contributed by atoms with Crippen molar-refractivity contribution in [2.45, 2.75) is 45.6 Å². The first kappa shape index (κ1) is 14.4. The van der Waals surface area contributed by atoms with Crippen LogP contribution in [0, 0.1) is 23.5 Å². The predicted octanol–water partition coefficient (Wildman–Crippen LogP) is 3.92. The average molecular weight is 267 g/mol. The summed E-state index contributed by atoms with van der Waals surface area (Å²) in [5.74, 6) is 0.230. The van der Waals surface area contributed by atoms with Gasteiger partial charge in [0, 0.05) is 11.6 Å². The lowest BCUT2D eigenvalue weighted by atomic mass is 9.70. The van der Waals surface area contributed by atoms with Gasteiger partial charge < -0.3 is 5.32 Å². The molecule has 0 bridgehead atoms. The lowest BCUT2D eigenvalue weighted by Crippen LogP contribution is -2.44. The monoisotopic (exact) mass is 267 g/mol. The van der Waals surface area contributed by atoms with E-state index >= 15 is 0 Å². The number of halogens is 2. The topological polar surface area (TPSA) is 12.0 Å². The van der Waals surface area contributed by atoms with Crippen LogP contribution in [0.1, 0.15) is 39.2 Å². The molecule has 0 radical (unpaired) electrons. The van der Waals surface area contributed by atoms with E-state index in [2.05, 4.69) is 26.1 Å². The van der Waals surface area contributed by atoms with Gasteiger partial charge in [-0.2, -0.15) is 0 Å². The maximum absolute atomic E-state index is 13.6. The van der Waals surface area contributed by atoms with E-state index in [0.717, 1.165) is 25.5 Å². The van der Waals surface area contributed by atoms with Gasteiger partial charge in [0.25, 0.3) is 0 Å². The van der Waals surface area contributed by atoms with E-state index < -0.39 is 11.6 Å². The molecule has 0 saturated heterocycles. The first-order valence-corrected chi connectivity index (χ1v) is 7.04. The number of benzene rings is 1. The fourth-order valence-corrected chi connectivity index (χ4v) is 2.58. The van der Waals surface area contributed by atoms with Crippen molar-refractivity contribution in [3.05, 3.63) is 35.4 Å². The van der Waals surface area contributed by atoms with Crippen LogP contribution >= 0.6 is 0 Å². The molecule has 1 aromatic carbocycles. The highest BCUT2D eigenvalue weighted by Crippen LogP contribution is 2.37. The summed E-state index contributed by atoms with van der Waals surface area (Å²) >= 11 is 0. The molecule has 1 fully saturated rings. The molecule has 1 aliphatic carbocycles. The third kappa shape index (κ3) is 4.00. The molecule has 0 heterocycles. The molecule has 0 spiro atoms. The van der Waals surface area contributed by atoms with Crippen LogP contribution in [-0.4, -0.2) is 12.1 Å². The standard InChI is InChI=1S/C16H23F2N/c1-16(2,3)19-10-13-5-4-11(13)8-12-6-7-14(17)9-15(12)18/h6-7,9,11,13,19H,4-5,8,10H2,1-3H3. The van der Waals surface area contributed by atoms with Crippen LogP contribution in [0.5, 0.6) is 0 Å². The summed E-state index contributed by atoms with van der Waals surface area (Å²) in [6.45, 7) is 7.44. The van der Waals surface area contributed by atoms with E-state index in [1.54, 1.807) is 6.07 Å². The van der Waals surface area contributed by atoms with Crippen LogP contribution in [0.3, 0.4) is 0 Å². The normalized spacial score (nSPS) is 23.2. The maximum Gasteiger partial charge on any atom is 0.129 e. The van der Waals surface area contributed by atoms with Gasteiger partial charge in [0.05, 0.1) is 0 Å². The van der Waals surface area contributed by atoms with E-state index in [9.17, 15) is 8.78 Å². The lowest BCUT2D eigenvalue weighted by Gasteiger charge is -2.39. The molecule has 1 nitrogen and oxygen atoms in total. The number of nitrogens with one attached hydrogen (secondary N) is 1. The molecule has 2 unspecified atom stereocenters. The van der Waals surface area contributed by atoms with E-state index in [1.807, 2.05) is 0 Å². The summed E-state index contributed by atoms with van der Waals surface area (Å²) < 4.78 is 26.5. The quantitative estimate of drug-likeness (QED) is 0.871. The van der Waals surface area contributed by atoms with E-state index in [1.165, 1.54) is 12.5 Å². The molecule has 0 amide bonds.